The molecule has 0 aliphatic carbocycles. The number of carbonyl (C=O) groups excluding carboxylic acids is 1. The molecule has 1 atom stereocenters. The summed E-state index contributed by atoms with van der Waals surface area (Å²) in [6, 6.07) is 8.80. The maximum Gasteiger partial charge on any atom is 0.335 e. The van der Waals surface area contributed by atoms with Crippen LogP contribution >= 0.6 is 0 Å². The van der Waals surface area contributed by atoms with E-state index in [1.165, 1.54) is 18.2 Å². The van der Waals surface area contributed by atoms with Crippen molar-refractivity contribution in [2.75, 3.05) is 17.9 Å². The van der Waals surface area contributed by atoms with Crippen LogP contribution in [0.25, 0.3) is 0 Å². The van der Waals surface area contributed by atoms with Gasteiger partial charge in [0.1, 0.15) is 0 Å². The van der Waals surface area contributed by atoms with Gasteiger partial charge in [-0.1, -0.05) is 12.1 Å². The SMILES string of the molecule is Cc1cc(C(=O)O)cc(S(=O)(=O)Nc2ccccc2C(=O)NC[C@H]2CCCO2)c1C. The Kier molecular flexibility index (Phi) is 6.42. The third-order valence-corrected chi connectivity index (χ3v) is 6.58. The van der Waals surface area contributed by atoms with E-state index in [2.05, 4.69) is 10.0 Å². The minimum absolute atomic E-state index is 0.0396. The first-order valence-electron chi connectivity index (χ1n) is 9.55. The first-order valence-corrected chi connectivity index (χ1v) is 11.0. The van der Waals surface area contributed by atoms with Crippen LogP contribution in [0.1, 0.15) is 44.7 Å². The third kappa shape index (κ3) is 4.80. The molecule has 1 heterocycles. The number of para-hydroxylation sites is 1. The number of aromatic carboxylic acids is 1. The highest BCUT2D eigenvalue weighted by Gasteiger charge is 2.24. The highest BCUT2D eigenvalue weighted by atomic mass is 32.2. The molecule has 2 aromatic rings. The fraction of sp³-hybridized carbons (Fsp3) is 0.333. The Labute approximate surface area is 175 Å². The van der Waals surface area contributed by atoms with Crippen LogP contribution in [0.2, 0.25) is 0 Å². The Hall–Kier alpha value is -2.91. The summed E-state index contributed by atoms with van der Waals surface area (Å²) in [6.07, 6.45) is 1.78. The van der Waals surface area contributed by atoms with Gasteiger partial charge in [-0.25, -0.2) is 13.2 Å². The second-order valence-corrected chi connectivity index (χ2v) is 8.87. The van der Waals surface area contributed by atoms with E-state index in [1.54, 1.807) is 26.0 Å². The van der Waals surface area contributed by atoms with Gasteiger partial charge in [0, 0.05) is 13.2 Å². The number of carbonyl (C=O) groups is 2. The zero-order chi connectivity index (χ0) is 21.9. The van der Waals surface area contributed by atoms with Gasteiger partial charge in [0.15, 0.2) is 0 Å². The van der Waals surface area contributed by atoms with Crippen LogP contribution in [0.3, 0.4) is 0 Å². The molecule has 2 aromatic carbocycles. The van der Waals surface area contributed by atoms with Crippen molar-refractivity contribution in [1.29, 1.82) is 0 Å². The number of ether oxygens (including phenoxy) is 1. The van der Waals surface area contributed by atoms with Gasteiger partial charge < -0.3 is 15.2 Å². The van der Waals surface area contributed by atoms with Gasteiger partial charge >= 0.3 is 5.97 Å². The number of hydrogen-bond acceptors (Lipinski definition) is 5. The van der Waals surface area contributed by atoms with Crippen molar-refractivity contribution in [2.45, 2.75) is 37.7 Å². The van der Waals surface area contributed by atoms with E-state index in [0.717, 1.165) is 18.9 Å². The molecule has 0 radical (unpaired) electrons. The largest absolute Gasteiger partial charge is 0.478 e. The van der Waals surface area contributed by atoms with Crippen LogP contribution < -0.4 is 10.0 Å². The van der Waals surface area contributed by atoms with Crippen LogP contribution in [-0.4, -0.2) is 44.7 Å². The summed E-state index contributed by atoms with van der Waals surface area (Å²) in [6.45, 7) is 4.27. The highest BCUT2D eigenvalue weighted by molar-refractivity contribution is 7.92. The minimum atomic E-state index is -4.13. The summed E-state index contributed by atoms with van der Waals surface area (Å²) in [4.78, 5) is 23.8. The van der Waals surface area contributed by atoms with Crippen LogP contribution in [0.15, 0.2) is 41.3 Å². The van der Waals surface area contributed by atoms with Crippen LogP contribution in [0.5, 0.6) is 0 Å². The summed E-state index contributed by atoms with van der Waals surface area (Å²) in [5.41, 5.74) is 1.13. The topological polar surface area (TPSA) is 122 Å². The van der Waals surface area contributed by atoms with Gasteiger partial charge in [-0.3, -0.25) is 9.52 Å². The van der Waals surface area contributed by atoms with Gasteiger partial charge in [0.05, 0.1) is 27.8 Å². The van der Waals surface area contributed by atoms with Gasteiger partial charge in [-0.2, -0.15) is 0 Å². The second kappa shape index (κ2) is 8.85. The summed E-state index contributed by atoms with van der Waals surface area (Å²) >= 11 is 0. The summed E-state index contributed by atoms with van der Waals surface area (Å²) in [7, 11) is -4.13. The molecule has 1 aliphatic heterocycles. The molecule has 3 rings (SSSR count). The first-order chi connectivity index (χ1) is 14.2. The van der Waals surface area contributed by atoms with Gasteiger partial charge in [-0.05, 0) is 62.1 Å². The molecule has 1 saturated heterocycles. The van der Waals surface area contributed by atoms with E-state index in [-0.39, 0.29) is 27.8 Å². The molecular formula is C21H24N2O6S. The molecule has 3 N–H and O–H groups in total. The zero-order valence-corrected chi connectivity index (χ0v) is 17.6. The van der Waals surface area contributed by atoms with Crippen LogP contribution in [0, 0.1) is 13.8 Å². The van der Waals surface area contributed by atoms with Gasteiger partial charge in [-0.15, -0.1) is 0 Å². The lowest BCUT2D eigenvalue weighted by Gasteiger charge is -2.16. The van der Waals surface area contributed by atoms with Crippen molar-refractivity contribution < 1.29 is 27.9 Å². The number of aryl methyl sites for hydroxylation is 1. The molecule has 9 heteroatoms. The smallest absolute Gasteiger partial charge is 0.335 e. The monoisotopic (exact) mass is 432 g/mol. The molecule has 0 bridgehead atoms. The molecule has 1 amide bonds. The summed E-state index contributed by atoms with van der Waals surface area (Å²) < 4.78 is 34.0. The lowest BCUT2D eigenvalue weighted by Crippen LogP contribution is -2.32. The number of benzene rings is 2. The molecule has 0 spiro atoms. The minimum Gasteiger partial charge on any atom is -0.478 e. The van der Waals surface area contributed by atoms with Gasteiger partial charge in [0.2, 0.25) is 0 Å². The van der Waals surface area contributed by atoms with E-state index in [9.17, 15) is 23.1 Å². The Morgan fingerprint density at radius 1 is 1.20 bits per heavy atom. The quantitative estimate of drug-likeness (QED) is 0.618. The molecule has 8 nitrogen and oxygen atoms in total. The van der Waals surface area contributed by atoms with E-state index in [1.807, 2.05) is 0 Å². The van der Waals surface area contributed by atoms with Crippen molar-refractivity contribution in [3.63, 3.8) is 0 Å². The molecular weight excluding hydrogens is 408 g/mol. The van der Waals surface area contributed by atoms with Crippen molar-refractivity contribution in [3.05, 3.63) is 58.7 Å². The summed E-state index contributed by atoms with van der Waals surface area (Å²) in [5, 5.41) is 12.0. The van der Waals surface area contributed by atoms with E-state index >= 15 is 0 Å². The fourth-order valence-electron chi connectivity index (χ4n) is 3.31. The van der Waals surface area contributed by atoms with E-state index < -0.39 is 21.9 Å². The normalized spacial score (nSPS) is 16.3. The first kappa shape index (κ1) is 21.8. The standard InChI is InChI=1S/C21H24N2O6S/c1-13-10-15(21(25)26)11-19(14(13)2)30(27,28)23-18-8-4-3-7-17(18)20(24)22-12-16-6-5-9-29-16/h3-4,7-8,10-11,16,23H,5-6,9,12H2,1-2H3,(H,22,24)(H,25,26)/t16-/m1/s1. The van der Waals surface area contributed by atoms with E-state index in [0.29, 0.717) is 24.3 Å². The van der Waals surface area contributed by atoms with E-state index in [4.69, 9.17) is 4.74 Å². The number of amides is 1. The van der Waals surface area contributed by atoms with Crippen LogP contribution in [0.4, 0.5) is 5.69 Å². The van der Waals surface area contributed by atoms with Crippen molar-refractivity contribution in [1.82, 2.24) is 5.32 Å². The van der Waals surface area contributed by atoms with Crippen LogP contribution in [-0.2, 0) is 14.8 Å². The lowest BCUT2D eigenvalue weighted by molar-refractivity contribution is 0.0696. The maximum atomic E-state index is 13.0. The molecule has 0 saturated carbocycles. The Morgan fingerprint density at radius 3 is 2.60 bits per heavy atom. The average Bonchev–Trinajstić information content (AvgIpc) is 3.21. The molecule has 1 aliphatic rings. The number of carboxylic acids is 1. The highest BCUT2D eigenvalue weighted by Crippen LogP contribution is 2.25. The third-order valence-electron chi connectivity index (χ3n) is 5.09. The summed E-state index contributed by atoms with van der Waals surface area (Å²) in [5.74, 6) is -1.64. The predicted octanol–water partition coefficient (Wildman–Crippen LogP) is 2.71. The number of sulfonamides is 1. The molecule has 1 fully saturated rings. The fourth-order valence-corrected chi connectivity index (χ4v) is 4.73. The van der Waals surface area contributed by atoms with Crippen molar-refractivity contribution >= 4 is 27.6 Å². The number of rotatable bonds is 7. The Bertz CT molecular complexity index is 1070. The molecule has 160 valence electrons. The predicted molar refractivity (Wildman–Crippen MR) is 111 cm³/mol. The van der Waals surface area contributed by atoms with Crippen molar-refractivity contribution in [3.8, 4) is 0 Å². The van der Waals surface area contributed by atoms with Gasteiger partial charge in [0.25, 0.3) is 15.9 Å². The number of hydrogen-bond donors (Lipinski definition) is 3. The zero-order valence-electron chi connectivity index (χ0n) is 16.8. The lowest BCUT2D eigenvalue weighted by atomic mass is 10.1. The number of nitrogens with one attached hydrogen (secondary N) is 2. The Balaban J connectivity index is 1.87. The second-order valence-electron chi connectivity index (χ2n) is 7.22. The number of carboxylic acid groups (broad SMARTS) is 1. The molecule has 0 aromatic heterocycles. The maximum absolute atomic E-state index is 13.0. The Morgan fingerprint density at radius 2 is 1.93 bits per heavy atom. The average molecular weight is 432 g/mol. The number of anilines is 1. The molecule has 30 heavy (non-hydrogen) atoms. The molecule has 0 unspecified atom stereocenters. The van der Waals surface area contributed by atoms with Crippen molar-refractivity contribution in [2.24, 2.45) is 0 Å².